The van der Waals surface area contributed by atoms with Crippen LogP contribution in [0.1, 0.15) is 10.4 Å². The minimum atomic E-state index is -0.428. The number of rotatable bonds is 3. The highest BCUT2D eigenvalue weighted by molar-refractivity contribution is 9.10. The van der Waals surface area contributed by atoms with Crippen molar-refractivity contribution in [1.82, 2.24) is 25.1 Å². The molecule has 1 fully saturated rings. The van der Waals surface area contributed by atoms with Gasteiger partial charge in [0, 0.05) is 30.7 Å². The molecule has 27 heavy (non-hydrogen) atoms. The topological polar surface area (TPSA) is 67.2 Å². The van der Waals surface area contributed by atoms with Crippen LogP contribution in [-0.2, 0) is 0 Å². The van der Waals surface area contributed by atoms with Crippen molar-refractivity contribution in [2.45, 2.75) is 0 Å². The van der Waals surface area contributed by atoms with Crippen molar-refractivity contribution in [2.24, 2.45) is 0 Å². The summed E-state index contributed by atoms with van der Waals surface area (Å²) in [7, 11) is 0. The van der Waals surface area contributed by atoms with E-state index in [-0.39, 0.29) is 5.91 Å². The zero-order valence-corrected chi connectivity index (χ0v) is 15.9. The standard InChI is InChI=1S/C18H16BrFN6O/c19-16-7-6-13(20)12-15(16)17(27)24-8-10-25(11-9-24)18-21-22-23-26(18)14-4-2-1-3-5-14/h1-7,12H,8-11H2. The highest BCUT2D eigenvalue weighted by Gasteiger charge is 2.26. The lowest BCUT2D eigenvalue weighted by Gasteiger charge is -2.35. The Labute approximate surface area is 163 Å². The van der Waals surface area contributed by atoms with Crippen molar-refractivity contribution in [3.8, 4) is 5.69 Å². The number of tetrazole rings is 1. The van der Waals surface area contributed by atoms with Gasteiger partial charge >= 0.3 is 0 Å². The van der Waals surface area contributed by atoms with E-state index in [1.807, 2.05) is 35.2 Å². The highest BCUT2D eigenvalue weighted by Crippen LogP contribution is 2.22. The molecule has 9 heteroatoms. The number of carbonyl (C=O) groups excluding carboxylic acids is 1. The van der Waals surface area contributed by atoms with Gasteiger partial charge < -0.3 is 9.80 Å². The number of carbonyl (C=O) groups is 1. The maximum absolute atomic E-state index is 13.5. The van der Waals surface area contributed by atoms with E-state index < -0.39 is 5.82 Å². The lowest BCUT2D eigenvalue weighted by atomic mass is 10.1. The van der Waals surface area contributed by atoms with Crippen molar-refractivity contribution in [3.05, 3.63) is 64.4 Å². The lowest BCUT2D eigenvalue weighted by Crippen LogP contribution is -2.49. The van der Waals surface area contributed by atoms with Gasteiger partial charge in [-0.15, -0.1) is 0 Å². The fourth-order valence-electron chi connectivity index (χ4n) is 3.06. The zero-order chi connectivity index (χ0) is 18.8. The molecule has 0 radical (unpaired) electrons. The summed E-state index contributed by atoms with van der Waals surface area (Å²) in [5, 5.41) is 12.0. The number of piperazine rings is 1. The smallest absolute Gasteiger partial charge is 0.255 e. The first kappa shape index (κ1) is 17.6. The molecule has 1 aliphatic rings. The molecule has 7 nitrogen and oxygen atoms in total. The molecule has 4 rings (SSSR count). The molecule has 1 aliphatic heterocycles. The third-order valence-corrected chi connectivity index (χ3v) is 5.15. The molecule has 0 saturated carbocycles. The van der Waals surface area contributed by atoms with E-state index in [0.29, 0.717) is 42.2 Å². The molecule has 0 atom stereocenters. The summed E-state index contributed by atoms with van der Waals surface area (Å²) in [5.74, 6) is 0.0196. The van der Waals surface area contributed by atoms with Crippen LogP contribution < -0.4 is 4.90 Å². The Balaban J connectivity index is 1.48. The van der Waals surface area contributed by atoms with Crippen LogP contribution in [0.25, 0.3) is 5.69 Å². The van der Waals surface area contributed by atoms with Crippen molar-refractivity contribution in [3.63, 3.8) is 0 Å². The molecule has 0 unspecified atom stereocenters. The monoisotopic (exact) mass is 430 g/mol. The van der Waals surface area contributed by atoms with E-state index in [4.69, 9.17) is 0 Å². The van der Waals surface area contributed by atoms with Crippen molar-refractivity contribution in [1.29, 1.82) is 0 Å². The molecule has 2 aromatic carbocycles. The van der Waals surface area contributed by atoms with Crippen molar-refractivity contribution in [2.75, 3.05) is 31.1 Å². The third-order valence-electron chi connectivity index (χ3n) is 4.46. The zero-order valence-electron chi connectivity index (χ0n) is 14.3. The Bertz CT molecular complexity index is 955. The van der Waals surface area contributed by atoms with E-state index >= 15 is 0 Å². The van der Waals surface area contributed by atoms with Gasteiger partial charge in [0.2, 0.25) is 5.95 Å². The van der Waals surface area contributed by atoms with Crippen molar-refractivity contribution < 1.29 is 9.18 Å². The largest absolute Gasteiger partial charge is 0.336 e. The van der Waals surface area contributed by atoms with E-state index in [0.717, 1.165) is 5.69 Å². The third kappa shape index (κ3) is 3.55. The quantitative estimate of drug-likeness (QED) is 0.638. The van der Waals surface area contributed by atoms with Crippen LogP contribution in [-0.4, -0.2) is 57.2 Å². The molecule has 0 bridgehead atoms. The van der Waals surface area contributed by atoms with Crippen LogP contribution in [0.4, 0.5) is 10.3 Å². The first-order valence-corrected chi connectivity index (χ1v) is 9.26. The second kappa shape index (κ2) is 7.43. The molecule has 3 aromatic rings. The summed E-state index contributed by atoms with van der Waals surface area (Å²) < 4.78 is 15.8. The number of hydrogen-bond donors (Lipinski definition) is 0. The van der Waals surface area contributed by atoms with E-state index in [9.17, 15) is 9.18 Å². The van der Waals surface area contributed by atoms with Crippen molar-refractivity contribution >= 4 is 27.8 Å². The number of benzene rings is 2. The maximum Gasteiger partial charge on any atom is 0.255 e. The summed E-state index contributed by atoms with van der Waals surface area (Å²) in [5.41, 5.74) is 1.21. The van der Waals surface area contributed by atoms with Crippen LogP contribution in [0, 0.1) is 5.82 Å². The first-order valence-electron chi connectivity index (χ1n) is 8.46. The SMILES string of the molecule is O=C(c1cc(F)ccc1Br)N1CCN(c2nnnn2-c2ccccc2)CC1. The molecular formula is C18H16BrFN6O. The molecule has 0 spiro atoms. The van der Waals surface area contributed by atoms with Gasteiger partial charge in [-0.25, -0.2) is 4.39 Å². The number of para-hydroxylation sites is 1. The normalized spacial score (nSPS) is 14.4. The molecule has 1 amide bonds. The Hall–Kier alpha value is -2.81. The summed E-state index contributed by atoms with van der Waals surface area (Å²) in [6, 6.07) is 13.8. The number of amides is 1. The second-order valence-electron chi connectivity index (χ2n) is 6.13. The van der Waals surface area contributed by atoms with Crippen LogP contribution in [0.5, 0.6) is 0 Å². The number of halogens is 2. The average Bonchev–Trinajstić information content (AvgIpc) is 3.20. The molecular weight excluding hydrogens is 415 g/mol. The fraction of sp³-hybridized carbons (Fsp3) is 0.222. The van der Waals surface area contributed by atoms with Crippen LogP contribution in [0.15, 0.2) is 53.0 Å². The molecule has 2 heterocycles. The first-order chi connectivity index (χ1) is 13.1. The molecule has 0 aliphatic carbocycles. The predicted octanol–water partition coefficient (Wildman–Crippen LogP) is 2.53. The van der Waals surface area contributed by atoms with Gasteiger partial charge in [-0.05, 0) is 56.7 Å². The highest BCUT2D eigenvalue weighted by atomic mass is 79.9. The minimum absolute atomic E-state index is 0.191. The summed E-state index contributed by atoms with van der Waals surface area (Å²) in [6.07, 6.45) is 0. The minimum Gasteiger partial charge on any atom is -0.336 e. The van der Waals surface area contributed by atoms with E-state index in [2.05, 4.69) is 31.5 Å². The second-order valence-corrected chi connectivity index (χ2v) is 6.98. The predicted molar refractivity (Wildman–Crippen MR) is 101 cm³/mol. The van der Waals surface area contributed by atoms with Crippen LogP contribution in [0.3, 0.4) is 0 Å². The average molecular weight is 431 g/mol. The number of aromatic nitrogens is 4. The van der Waals surface area contributed by atoms with Gasteiger partial charge in [0.05, 0.1) is 11.3 Å². The molecule has 138 valence electrons. The van der Waals surface area contributed by atoms with E-state index in [1.165, 1.54) is 12.1 Å². The number of hydrogen-bond acceptors (Lipinski definition) is 5. The summed E-state index contributed by atoms with van der Waals surface area (Å²) >= 11 is 3.32. The van der Waals surface area contributed by atoms with Gasteiger partial charge in [0.25, 0.3) is 5.91 Å². The number of anilines is 1. The Morgan fingerprint density at radius 2 is 1.78 bits per heavy atom. The maximum atomic E-state index is 13.5. The molecule has 1 saturated heterocycles. The number of nitrogens with zero attached hydrogens (tertiary/aromatic N) is 6. The molecule has 0 N–H and O–H groups in total. The summed E-state index contributed by atoms with van der Waals surface area (Å²) in [6.45, 7) is 2.19. The van der Waals surface area contributed by atoms with Gasteiger partial charge in [0.1, 0.15) is 5.82 Å². The Morgan fingerprint density at radius 1 is 1.04 bits per heavy atom. The Kier molecular flexibility index (Phi) is 4.85. The van der Waals surface area contributed by atoms with Crippen LogP contribution in [0.2, 0.25) is 0 Å². The molecule has 1 aromatic heterocycles. The lowest BCUT2D eigenvalue weighted by molar-refractivity contribution is 0.0744. The van der Waals surface area contributed by atoms with Gasteiger partial charge in [-0.1, -0.05) is 23.3 Å². The summed E-state index contributed by atoms with van der Waals surface area (Å²) in [4.78, 5) is 16.5. The van der Waals surface area contributed by atoms with Gasteiger partial charge in [-0.3, -0.25) is 4.79 Å². The fourth-order valence-corrected chi connectivity index (χ4v) is 3.47. The van der Waals surface area contributed by atoms with E-state index in [1.54, 1.807) is 15.6 Å². The Morgan fingerprint density at radius 3 is 2.52 bits per heavy atom. The van der Waals surface area contributed by atoms with Gasteiger partial charge in [-0.2, -0.15) is 4.68 Å². The van der Waals surface area contributed by atoms with Crippen LogP contribution >= 0.6 is 15.9 Å². The van der Waals surface area contributed by atoms with Gasteiger partial charge in [0.15, 0.2) is 0 Å².